The van der Waals surface area contributed by atoms with Gasteiger partial charge in [0.1, 0.15) is 10.7 Å². The van der Waals surface area contributed by atoms with Crippen LogP contribution in [-0.4, -0.2) is 62.9 Å². The highest BCUT2D eigenvalue weighted by Gasteiger charge is 2.21. The second kappa shape index (κ2) is 9.32. The Labute approximate surface area is 128 Å². The van der Waals surface area contributed by atoms with Crippen LogP contribution in [0.1, 0.15) is 9.67 Å². The highest BCUT2D eigenvalue weighted by Crippen LogP contribution is 2.26. The topological polar surface area (TPSA) is 89.7 Å². The van der Waals surface area contributed by atoms with Crippen LogP contribution in [0.5, 0.6) is 0 Å². The van der Waals surface area contributed by atoms with Crippen LogP contribution in [-0.2, 0) is 9.47 Å². The molecule has 7 nitrogen and oxygen atoms in total. The third-order valence-corrected chi connectivity index (χ3v) is 3.65. The molecular weight excluding hydrogens is 292 g/mol. The number of nitrogens with zero attached hydrogens (tertiary/aromatic N) is 2. The molecule has 0 bridgehead atoms. The second-order valence-corrected chi connectivity index (χ2v) is 5.18. The number of anilines is 2. The van der Waals surface area contributed by atoms with Crippen LogP contribution in [0.4, 0.5) is 10.9 Å². The molecule has 0 saturated heterocycles. The summed E-state index contributed by atoms with van der Waals surface area (Å²) in [5.74, 6) is 0.0677. The first-order chi connectivity index (χ1) is 10.1. The van der Waals surface area contributed by atoms with Crippen LogP contribution < -0.4 is 11.1 Å². The predicted molar refractivity (Wildman–Crippen MR) is 84.9 cm³/mol. The first kappa shape index (κ1) is 17.4. The Bertz CT molecular complexity index is 464. The van der Waals surface area contributed by atoms with Gasteiger partial charge in [0.15, 0.2) is 5.13 Å². The number of nitrogen functional groups attached to an aromatic ring is 1. The molecule has 0 aromatic carbocycles. The average Bonchev–Trinajstić information content (AvgIpc) is 2.84. The van der Waals surface area contributed by atoms with E-state index >= 15 is 0 Å². The van der Waals surface area contributed by atoms with Gasteiger partial charge in [-0.2, -0.15) is 0 Å². The maximum absolute atomic E-state index is 12.5. The number of carbonyl (C=O) groups excluding carboxylic acids is 1. The number of nitrogens with one attached hydrogen (secondary N) is 1. The van der Waals surface area contributed by atoms with E-state index in [1.165, 1.54) is 11.3 Å². The molecule has 0 atom stereocenters. The highest BCUT2D eigenvalue weighted by molar-refractivity contribution is 7.18. The molecule has 8 heteroatoms. The van der Waals surface area contributed by atoms with Crippen molar-refractivity contribution in [2.75, 3.05) is 58.1 Å². The van der Waals surface area contributed by atoms with E-state index in [0.29, 0.717) is 42.9 Å². The third kappa shape index (κ3) is 5.33. The number of rotatable bonds is 10. The van der Waals surface area contributed by atoms with E-state index < -0.39 is 0 Å². The number of thiazole rings is 1. The number of hydrogen-bond acceptors (Lipinski definition) is 7. The number of aromatic nitrogens is 1. The van der Waals surface area contributed by atoms with Gasteiger partial charge in [0, 0.05) is 33.9 Å². The smallest absolute Gasteiger partial charge is 0.268 e. The minimum Gasteiger partial charge on any atom is -0.383 e. The molecule has 0 unspecified atom stereocenters. The van der Waals surface area contributed by atoms with Crippen LogP contribution in [0.3, 0.4) is 0 Å². The first-order valence-electron chi connectivity index (χ1n) is 6.52. The fourth-order valence-corrected chi connectivity index (χ4v) is 2.48. The number of hydrogen-bond donors (Lipinski definition) is 2. The lowest BCUT2D eigenvalue weighted by Crippen LogP contribution is -2.34. The lowest BCUT2D eigenvalue weighted by Gasteiger charge is -2.19. The Morgan fingerprint density at radius 2 is 2.19 bits per heavy atom. The molecule has 1 heterocycles. The molecule has 0 saturated carbocycles. The Kier molecular flexibility index (Phi) is 7.73. The van der Waals surface area contributed by atoms with Crippen LogP contribution in [0.15, 0.2) is 12.7 Å². The molecule has 0 aliphatic heterocycles. The molecule has 0 aliphatic carbocycles. The summed E-state index contributed by atoms with van der Waals surface area (Å²) in [6.07, 6.45) is 1.67. The van der Waals surface area contributed by atoms with Gasteiger partial charge < -0.3 is 25.4 Å². The normalized spacial score (nSPS) is 10.4. The summed E-state index contributed by atoms with van der Waals surface area (Å²) in [6, 6.07) is 0. The Morgan fingerprint density at radius 1 is 1.48 bits per heavy atom. The van der Waals surface area contributed by atoms with Gasteiger partial charge in [-0.15, -0.1) is 6.58 Å². The summed E-state index contributed by atoms with van der Waals surface area (Å²) in [5.41, 5.74) is 5.83. The molecule has 0 fully saturated rings. The van der Waals surface area contributed by atoms with Gasteiger partial charge in [-0.3, -0.25) is 4.79 Å². The van der Waals surface area contributed by atoms with Gasteiger partial charge in [-0.05, 0) is 0 Å². The highest BCUT2D eigenvalue weighted by atomic mass is 32.1. The lowest BCUT2D eigenvalue weighted by atomic mass is 10.3. The molecule has 0 aliphatic rings. The van der Waals surface area contributed by atoms with E-state index in [4.69, 9.17) is 15.2 Å². The Morgan fingerprint density at radius 3 is 2.81 bits per heavy atom. The summed E-state index contributed by atoms with van der Waals surface area (Å²) in [6.45, 7) is 6.19. The van der Waals surface area contributed by atoms with Gasteiger partial charge in [0.05, 0.1) is 13.2 Å². The largest absolute Gasteiger partial charge is 0.383 e. The molecule has 1 rings (SSSR count). The molecular formula is C13H22N4O3S. The van der Waals surface area contributed by atoms with Crippen molar-refractivity contribution in [3.05, 3.63) is 17.5 Å². The molecule has 0 spiro atoms. The summed E-state index contributed by atoms with van der Waals surface area (Å²) in [7, 11) is 3.21. The number of methoxy groups -OCH3 is 2. The molecule has 1 aromatic heterocycles. The van der Waals surface area contributed by atoms with Crippen molar-refractivity contribution < 1.29 is 14.3 Å². The monoisotopic (exact) mass is 314 g/mol. The van der Waals surface area contributed by atoms with Crippen molar-refractivity contribution in [2.24, 2.45) is 0 Å². The molecule has 0 radical (unpaired) electrons. The zero-order valence-electron chi connectivity index (χ0n) is 12.4. The maximum Gasteiger partial charge on any atom is 0.268 e. The van der Waals surface area contributed by atoms with Gasteiger partial charge in [0.2, 0.25) is 0 Å². The van der Waals surface area contributed by atoms with Crippen LogP contribution in [0.2, 0.25) is 0 Å². The molecule has 21 heavy (non-hydrogen) atoms. The van der Waals surface area contributed by atoms with Crippen molar-refractivity contribution in [2.45, 2.75) is 0 Å². The predicted octanol–water partition coefficient (Wildman–Crippen LogP) is 1.06. The van der Waals surface area contributed by atoms with Gasteiger partial charge >= 0.3 is 0 Å². The fraction of sp³-hybridized carbons (Fsp3) is 0.538. The third-order valence-electron chi connectivity index (χ3n) is 2.63. The summed E-state index contributed by atoms with van der Waals surface area (Å²) in [4.78, 5) is 18.7. The summed E-state index contributed by atoms with van der Waals surface area (Å²) < 4.78 is 9.95. The van der Waals surface area contributed by atoms with E-state index in [2.05, 4.69) is 16.9 Å². The second-order valence-electron chi connectivity index (χ2n) is 4.19. The molecule has 118 valence electrons. The Balaban J connectivity index is 2.76. The van der Waals surface area contributed by atoms with Crippen molar-refractivity contribution in [3.63, 3.8) is 0 Å². The van der Waals surface area contributed by atoms with Crippen molar-refractivity contribution in [1.29, 1.82) is 0 Å². The number of nitrogens with two attached hydrogens (primary N) is 1. The standard InChI is InChI=1S/C13H22N4O3S/c1-4-6-17(7-9-20-3)12(18)10-11(14)16-13(21-10)15-5-8-19-2/h4H,1,5-9,14H2,2-3H3,(H,15,16). The maximum atomic E-state index is 12.5. The average molecular weight is 314 g/mol. The number of carbonyl (C=O) groups is 1. The molecule has 3 N–H and O–H groups in total. The minimum atomic E-state index is -0.165. The van der Waals surface area contributed by atoms with Crippen molar-refractivity contribution in [3.8, 4) is 0 Å². The van der Waals surface area contributed by atoms with Crippen molar-refractivity contribution >= 4 is 28.2 Å². The van der Waals surface area contributed by atoms with Gasteiger partial charge in [-0.1, -0.05) is 17.4 Å². The summed E-state index contributed by atoms with van der Waals surface area (Å²) >= 11 is 1.24. The SMILES string of the molecule is C=CCN(CCOC)C(=O)c1sc(NCCOC)nc1N. The minimum absolute atomic E-state index is 0.165. The van der Waals surface area contributed by atoms with Crippen LogP contribution in [0, 0.1) is 0 Å². The first-order valence-corrected chi connectivity index (χ1v) is 7.33. The number of ether oxygens (including phenoxy) is 2. The van der Waals surface area contributed by atoms with Gasteiger partial charge in [-0.25, -0.2) is 4.98 Å². The molecule has 1 aromatic rings. The van der Waals surface area contributed by atoms with Crippen molar-refractivity contribution in [1.82, 2.24) is 9.88 Å². The summed E-state index contributed by atoms with van der Waals surface area (Å²) in [5, 5.41) is 3.67. The Hall–Kier alpha value is -1.64. The molecule has 1 amide bonds. The van der Waals surface area contributed by atoms with Gasteiger partial charge in [0.25, 0.3) is 5.91 Å². The fourth-order valence-electron chi connectivity index (χ4n) is 1.60. The van der Waals surface area contributed by atoms with E-state index in [9.17, 15) is 4.79 Å². The van der Waals surface area contributed by atoms with E-state index in [-0.39, 0.29) is 11.7 Å². The zero-order valence-corrected chi connectivity index (χ0v) is 13.2. The quantitative estimate of drug-likeness (QED) is 0.496. The van der Waals surface area contributed by atoms with Crippen LogP contribution >= 0.6 is 11.3 Å². The zero-order chi connectivity index (χ0) is 15.7. The van der Waals surface area contributed by atoms with Crippen LogP contribution in [0.25, 0.3) is 0 Å². The van der Waals surface area contributed by atoms with E-state index in [1.807, 2.05) is 0 Å². The lowest BCUT2D eigenvalue weighted by molar-refractivity contribution is 0.0723. The van der Waals surface area contributed by atoms with E-state index in [1.54, 1.807) is 25.2 Å². The number of amides is 1. The van der Waals surface area contributed by atoms with E-state index in [0.717, 1.165) is 0 Å².